The van der Waals surface area contributed by atoms with Gasteiger partial charge in [0.1, 0.15) is 5.92 Å². The second-order valence-corrected chi connectivity index (χ2v) is 7.81. The number of halogens is 2. The van der Waals surface area contributed by atoms with Crippen LogP contribution < -0.4 is 0 Å². The van der Waals surface area contributed by atoms with Crippen LogP contribution in [0.2, 0.25) is 10.0 Å². The maximum absolute atomic E-state index is 12.9. The van der Waals surface area contributed by atoms with E-state index in [1.807, 2.05) is 43.3 Å². The van der Waals surface area contributed by atoms with Gasteiger partial charge in [-0.25, -0.2) is 0 Å². The van der Waals surface area contributed by atoms with Gasteiger partial charge in [0.15, 0.2) is 11.6 Å². The molecule has 0 amide bonds. The van der Waals surface area contributed by atoms with Crippen molar-refractivity contribution in [3.63, 3.8) is 0 Å². The molecule has 0 spiro atoms. The number of carbonyl (C=O) groups excluding carboxylic acids is 2. The van der Waals surface area contributed by atoms with E-state index in [2.05, 4.69) is 0 Å². The predicted molar refractivity (Wildman–Crippen MR) is 105 cm³/mol. The highest BCUT2D eigenvalue weighted by Crippen LogP contribution is 2.42. The minimum atomic E-state index is -0.672. The molecule has 26 heavy (non-hydrogen) atoms. The Bertz CT molecular complexity index is 921. The zero-order valence-electron chi connectivity index (χ0n) is 14.3. The van der Waals surface area contributed by atoms with Gasteiger partial charge in [-0.2, -0.15) is 0 Å². The minimum absolute atomic E-state index is 0.0223. The molecule has 2 aromatic carbocycles. The molecule has 0 aromatic heterocycles. The quantitative estimate of drug-likeness (QED) is 0.505. The molecule has 2 nitrogen and oxygen atoms in total. The van der Waals surface area contributed by atoms with E-state index in [0.29, 0.717) is 16.5 Å². The molecule has 3 atom stereocenters. The molecule has 0 saturated heterocycles. The highest BCUT2D eigenvalue weighted by molar-refractivity contribution is 6.36. The van der Waals surface area contributed by atoms with E-state index in [4.69, 9.17) is 23.2 Å². The van der Waals surface area contributed by atoms with E-state index in [1.54, 1.807) is 12.1 Å². The average molecular weight is 385 g/mol. The van der Waals surface area contributed by atoms with Gasteiger partial charge in [0.2, 0.25) is 0 Å². The third kappa shape index (κ3) is 2.82. The van der Waals surface area contributed by atoms with Crippen LogP contribution in [0.4, 0.5) is 0 Å². The Hall–Kier alpha value is -1.90. The second kappa shape index (κ2) is 6.68. The van der Waals surface area contributed by atoms with Crippen molar-refractivity contribution in [1.82, 2.24) is 0 Å². The molecule has 0 aliphatic heterocycles. The zero-order chi connectivity index (χ0) is 18.4. The van der Waals surface area contributed by atoms with Crippen LogP contribution in [-0.2, 0) is 16.0 Å². The first-order chi connectivity index (χ1) is 12.5. The number of benzene rings is 2. The fraction of sp³-hybridized carbons (Fsp3) is 0.273. The number of fused-ring (bicyclic) bond motifs is 2. The van der Waals surface area contributed by atoms with Gasteiger partial charge in [-0.15, -0.1) is 0 Å². The van der Waals surface area contributed by atoms with Crippen molar-refractivity contribution in [1.29, 1.82) is 0 Å². The summed E-state index contributed by atoms with van der Waals surface area (Å²) in [6.45, 7) is 2.04. The average Bonchev–Trinajstić information content (AvgIpc) is 3.07. The lowest BCUT2D eigenvalue weighted by molar-refractivity contribution is -0.135. The van der Waals surface area contributed by atoms with Crippen LogP contribution >= 0.6 is 23.2 Å². The van der Waals surface area contributed by atoms with Crippen molar-refractivity contribution < 1.29 is 9.59 Å². The number of hydrogen-bond acceptors (Lipinski definition) is 2. The minimum Gasteiger partial charge on any atom is -0.298 e. The summed E-state index contributed by atoms with van der Waals surface area (Å²) in [6, 6.07) is 11.3. The fourth-order valence-corrected chi connectivity index (χ4v) is 4.59. The molecule has 132 valence electrons. The third-order valence-corrected chi connectivity index (χ3v) is 6.01. The highest BCUT2D eigenvalue weighted by atomic mass is 35.5. The maximum atomic E-state index is 12.9. The summed E-state index contributed by atoms with van der Waals surface area (Å²) >= 11 is 12.4. The third-order valence-electron chi connectivity index (χ3n) is 5.46. The van der Waals surface area contributed by atoms with E-state index in [-0.39, 0.29) is 23.4 Å². The van der Waals surface area contributed by atoms with Crippen molar-refractivity contribution in [3.8, 4) is 11.1 Å². The number of allylic oxidation sites excluding steroid dienone is 2. The molecule has 2 aromatic rings. The summed E-state index contributed by atoms with van der Waals surface area (Å²) in [5.74, 6) is -0.886. The van der Waals surface area contributed by atoms with Crippen molar-refractivity contribution in [2.75, 3.05) is 0 Å². The van der Waals surface area contributed by atoms with Crippen LogP contribution in [-0.4, -0.2) is 11.6 Å². The molecule has 0 N–H and O–H groups in total. The Morgan fingerprint density at radius 3 is 2.27 bits per heavy atom. The van der Waals surface area contributed by atoms with Gasteiger partial charge in [0.25, 0.3) is 0 Å². The molecule has 4 rings (SSSR count). The highest BCUT2D eigenvalue weighted by Gasteiger charge is 2.45. The first-order valence-electron chi connectivity index (χ1n) is 8.83. The first-order valence-corrected chi connectivity index (χ1v) is 9.59. The summed E-state index contributed by atoms with van der Waals surface area (Å²) in [5.41, 5.74) is 3.60. The van der Waals surface area contributed by atoms with Crippen LogP contribution in [0, 0.1) is 11.8 Å². The topological polar surface area (TPSA) is 34.1 Å². The monoisotopic (exact) mass is 384 g/mol. The smallest absolute Gasteiger partial charge is 0.154 e. The first kappa shape index (κ1) is 17.5. The van der Waals surface area contributed by atoms with Gasteiger partial charge < -0.3 is 0 Å². The fourth-order valence-electron chi connectivity index (χ4n) is 4.07. The Kier molecular flexibility index (Phi) is 4.50. The summed E-state index contributed by atoms with van der Waals surface area (Å²) in [6.07, 6.45) is 5.20. The van der Waals surface area contributed by atoms with Gasteiger partial charge in [-0.1, -0.05) is 60.5 Å². The van der Waals surface area contributed by atoms with Gasteiger partial charge in [-0.3, -0.25) is 9.59 Å². The van der Waals surface area contributed by atoms with Crippen LogP contribution in [0.25, 0.3) is 11.1 Å². The Labute approximate surface area is 162 Å². The van der Waals surface area contributed by atoms with Crippen molar-refractivity contribution in [2.45, 2.75) is 25.7 Å². The number of Topliss-reactive ketones (excluding diaryl/α,β-unsaturated/α-hetero) is 2. The summed E-state index contributed by atoms with van der Waals surface area (Å²) in [4.78, 5) is 25.8. The van der Waals surface area contributed by atoms with E-state index < -0.39 is 5.92 Å². The van der Waals surface area contributed by atoms with Crippen molar-refractivity contribution >= 4 is 34.8 Å². The van der Waals surface area contributed by atoms with Gasteiger partial charge in [-0.05, 0) is 47.7 Å². The molecular weight excluding hydrogens is 367 g/mol. The number of carbonyl (C=O) groups is 2. The van der Waals surface area contributed by atoms with Crippen LogP contribution in [0.15, 0.2) is 48.6 Å². The normalized spacial score (nSPS) is 24.3. The zero-order valence-corrected chi connectivity index (χ0v) is 15.8. The summed E-state index contributed by atoms with van der Waals surface area (Å²) in [5, 5.41) is 1.13. The van der Waals surface area contributed by atoms with E-state index in [0.717, 1.165) is 28.7 Å². The SMILES string of the molecule is CCc1ccc(-c2ccc(Cl)cc2Cl)cc1C1C(=O)[C@@H]2C=C[C@@H](C2)C1=O. The molecule has 0 radical (unpaired) electrons. The summed E-state index contributed by atoms with van der Waals surface area (Å²) in [7, 11) is 0. The second-order valence-electron chi connectivity index (χ2n) is 6.96. The van der Waals surface area contributed by atoms with Crippen LogP contribution in [0.5, 0.6) is 0 Å². The lowest BCUT2D eigenvalue weighted by atomic mass is 9.73. The molecule has 1 fully saturated rings. The van der Waals surface area contributed by atoms with Crippen molar-refractivity contribution in [3.05, 3.63) is 69.7 Å². The number of ketones is 2. The molecule has 0 heterocycles. The lowest BCUT2D eigenvalue weighted by Gasteiger charge is -2.27. The molecule has 2 bridgehead atoms. The Balaban J connectivity index is 1.83. The number of aryl methyl sites for hydroxylation is 1. The standard InChI is InChI=1S/C22H18Cl2O2/c1-2-12-3-4-13(17-8-7-16(23)11-19(17)24)10-18(12)20-21(25)14-5-6-15(9-14)22(20)26/h3-8,10-11,14-15,20H,2,9H2,1H3/t14-,15+,20?. The number of rotatable bonds is 3. The maximum Gasteiger partial charge on any atom is 0.154 e. The van der Waals surface area contributed by atoms with Crippen LogP contribution in [0.1, 0.15) is 30.4 Å². The van der Waals surface area contributed by atoms with Gasteiger partial charge >= 0.3 is 0 Å². The Morgan fingerprint density at radius 1 is 0.962 bits per heavy atom. The molecule has 1 saturated carbocycles. The number of hydrogen-bond donors (Lipinski definition) is 0. The van der Waals surface area contributed by atoms with E-state index in [1.165, 1.54) is 0 Å². The van der Waals surface area contributed by atoms with Gasteiger partial charge in [0.05, 0.1) is 0 Å². The Morgan fingerprint density at radius 2 is 1.65 bits per heavy atom. The molecular formula is C22H18Cl2O2. The van der Waals surface area contributed by atoms with E-state index >= 15 is 0 Å². The predicted octanol–water partition coefficient (Wildman–Crippen LogP) is 5.65. The van der Waals surface area contributed by atoms with Gasteiger partial charge in [0, 0.05) is 27.4 Å². The van der Waals surface area contributed by atoms with Crippen LogP contribution in [0.3, 0.4) is 0 Å². The lowest BCUT2D eigenvalue weighted by Crippen LogP contribution is -2.35. The molecule has 1 unspecified atom stereocenters. The summed E-state index contributed by atoms with van der Waals surface area (Å²) < 4.78 is 0. The molecule has 2 aliphatic rings. The molecule has 4 heteroatoms. The largest absolute Gasteiger partial charge is 0.298 e. The molecule has 2 aliphatic carbocycles. The van der Waals surface area contributed by atoms with E-state index in [9.17, 15) is 9.59 Å². The van der Waals surface area contributed by atoms with Crippen molar-refractivity contribution in [2.24, 2.45) is 11.8 Å².